The molecule has 114 valence electrons. The molecule has 0 fully saturated rings. The van der Waals surface area contributed by atoms with Gasteiger partial charge in [-0.05, 0) is 6.42 Å². The monoisotopic (exact) mass is 293 g/mol. The highest BCUT2D eigenvalue weighted by molar-refractivity contribution is 7.80. The molecule has 0 spiro atoms. The fourth-order valence-electron chi connectivity index (χ4n) is 1.55. The van der Waals surface area contributed by atoms with Crippen LogP contribution in [0.2, 0.25) is 0 Å². The normalized spacial score (nSPS) is 12.6. The van der Waals surface area contributed by atoms with Crippen molar-refractivity contribution in [3.05, 3.63) is 0 Å². The van der Waals surface area contributed by atoms with E-state index in [1.807, 2.05) is 6.92 Å². The third-order valence-electron chi connectivity index (χ3n) is 2.74. The zero-order chi connectivity index (χ0) is 14.5. The summed E-state index contributed by atoms with van der Waals surface area (Å²) in [7, 11) is 1.32. The topological polar surface area (TPSA) is 55.8 Å². The lowest BCUT2D eigenvalue weighted by Crippen LogP contribution is -2.31. The van der Waals surface area contributed by atoms with Crippen molar-refractivity contribution >= 4 is 17.0 Å². The van der Waals surface area contributed by atoms with Gasteiger partial charge in [-0.3, -0.25) is 4.79 Å². The van der Waals surface area contributed by atoms with Crippen LogP contribution >= 0.6 is 0 Å². The molecule has 0 aliphatic carbocycles. The van der Waals surface area contributed by atoms with Crippen LogP contribution in [0.1, 0.15) is 52.4 Å². The number of methoxy groups -OCH3 is 1. The fraction of sp³-hybridized carbons (Fsp3) is 0.923. The molecule has 1 atom stereocenters. The van der Waals surface area contributed by atoms with Gasteiger partial charge in [0.15, 0.2) is 11.1 Å². The molecule has 0 radical (unpaired) electrons. The lowest BCUT2D eigenvalue weighted by molar-refractivity contribution is -0.150. The number of hydrogen-bond donors (Lipinski definition) is 0. The summed E-state index contributed by atoms with van der Waals surface area (Å²) in [4.78, 5) is 11.1. The van der Waals surface area contributed by atoms with Crippen LogP contribution in [0, 0.1) is 0 Å². The third-order valence-corrected chi connectivity index (χ3v) is 3.74. The van der Waals surface area contributed by atoms with Gasteiger partial charge in [-0.2, -0.15) is 9.35 Å². The quantitative estimate of drug-likeness (QED) is 0.314. The van der Waals surface area contributed by atoms with Gasteiger partial charge in [0.1, 0.15) is 6.54 Å². The van der Waals surface area contributed by atoms with Crippen molar-refractivity contribution in [2.45, 2.75) is 52.4 Å². The van der Waals surface area contributed by atoms with E-state index in [2.05, 4.69) is 11.7 Å². The molecule has 0 aromatic rings. The van der Waals surface area contributed by atoms with E-state index in [9.17, 15) is 9.00 Å². The highest BCUT2D eigenvalue weighted by Crippen LogP contribution is 2.06. The third kappa shape index (κ3) is 11.1. The Labute approximate surface area is 119 Å². The van der Waals surface area contributed by atoms with Crippen LogP contribution < -0.4 is 0 Å². The maximum absolute atomic E-state index is 11.7. The van der Waals surface area contributed by atoms with Crippen LogP contribution in [0.4, 0.5) is 0 Å². The number of unbranched alkanes of at least 4 members (excludes halogenated alkanes) is 5. The molecule has 6 heteroatoms. The van der Waals surface area contributed by atoms with Crippen LogP contribution in [0.15, 0.2) is 0 Å². The number of esters is 1. The Kier molecular flexibility index (Phi) is 12.3. The molecule has 19 heavy (non-hydrogen) atoms. The Morgan fingerprint density at radius 1 is 1.11 bits per heavy atom. The van der Waals surface area contributed by atoms with E-state index in [0.29, 0.717) is 12.3 Å². The number of hydrogen-bond acceptors (Lipinski definition) is 5. The van der Waals surface area contributed by atoms with Crippen molar-refractivity contribution in [1.82, 2.24) is 5.06 Å². The van der Waals surface area contributed by atoms with Crippen molar-refractivity contribution in [1.29, 1.82) is 0 Å². The summed E-state index contributed by atoms with van der Waals surface area (Å²) < 4.78 is 21.4. The van der Waals surface area contributed by atoms with E-state index >= 15 is 0 Å². The van der Waals surface area contributed by atoms with Crippen molar-refractivity contribution in [2.75, 3.05) is 26.0 Å². The van der Waals surface area contributed by atoms with Gasteiger partial charge < -0.3 is 4.74 Å². The maximum Gasteiger partial charge on any atom is 0.322 e. The molecule has 0 aromatic heterocycles. The summed E-state index contributed by atoms with van der Waals surface area (Å²) in [5.74, 6) is 0.127. The van der Waals surface area contributed by atoms with Crippen LogP contribution in [-0.2, 0) is 24.9 Å². The molecular weight excluding hydrogens is 266 g/mol. The molecule has 0 aromatic carbocycles. The molecular formula is C13H27NO4S. The van der Waals surface area contributed by atoms with Crippen molar-refractivity contribution in [3.63, 3.8) is 0 Å². The van der Waals surface area contributed by atoms with Crippen LogP contribution in [0.25, 0.3) is 0 Å². The number of nitrogens with zero attached hydrogens (tertiary/aromatic N) is 1. The van der Waals surface area contributed by atoms with Crippen molar-refractivity contribution in [2.24, 2.45) is 0 Å². The summed E-state index contributed by atoms with van der Waals surface area (Å²) >= 11 is -1.36. The van der Waals surface area contributed by atoms with Crippen LogP contribution in [0.5, 0.6) is 0 Å². The molecule has 0 amide bonds. The predicted molar refractivity (Wildman–Crippen MR) is 76.7 cm³/mol. The van der Waals surface area contributed by atoms with Crippen molar-refractivity contribution < 1.29 is 18.0 Å². The first-order valence-electron chi connectivity index (χ1n) is 7.02. The largest absolute Gasteiger partial charge is 0.468 e. The predicted octanol–water partition coefficient (Wildman–Crippen LogP) is 2.44. The molecule has 0 aliphatic heterocycles. The van der Waals surface area contributed by atoms with Crippen LogP contribution in [0.3, 0.4) is 0 Å². The zero-order valence-electron chi connectivity index (χ0n) is 12.4. The second-order valence-electron chi connectivity index (χ2n) is 4.38. The van der Waals surface area contributed by atoms with Crippen molar-refractivity contribution in [3.8, 4) is 0 Å². The van der Waals surface area contributed by atoms with Gasteiger partial charge in [0, 0.05) is 6.54 Å². The van der Waals surface area contributed by atoms with Gasteiger partial charge in [0.05, 0.1) is 12.9 Å². The number of carbonyl (C=O) groups excluding carboxylic acids is 1. The van der Waals surface area contributed by atoms with E-state index in [1.54, 1.807) is 0 Å². The van der Waals surface area contributed by atoms with Gasteiger partial charge in [0.25, 0.3) is 0 Å². The second-order valence-corrected chi connectivity index (χ2v) is 5.55. The Morgan fingerprint density at radius 2 is 1.74 bits per heavy atom. The summed E-state index contributed by atoms with van der Waals surface area (Å²) in [5.41, 5.74) is 0. The van der Waals surface area contributed by atoms with E-state index < -0.39 is 17.0 Å². The minimum absolute atomic E-state index is 0.00917. The van der Waals surface area contributed by atoms with Crippen LogP contribution in [-0.4, -0.2) is 41.2 Å². The average Bonchev–Trinajstić information content (AvgIpc) is 2.41. The first-order valence-corrected chi connectivity index (χ1v) is 8.27. The SMILES string of the molecule is CCCCCCCCS(=O)ON(CC)CC(=O)OC. The van der Waals surface area contributed by atoms with Gasteiger partial charge in [0.2, 0.25) is 0 Å². The smallest absolute Gasteiger partial charge is 0.322 e. The Morgan fingerprint density at radius 3 is 2.32 bits per heavy atom. The lowest BCUT2D eigenvalue weighted by Gasteiger charge is -2.16. The van der Waals surface area contributed by atoms with E-state index in [4.69, 9.17) is 4.28 Å². The standard InChI is InChI=1S/C13H27NO4S/c1-4-6-7-8-9-10-11-19(16)18-14(5-2)12-13(15)17-3/h4-12H2,1-3H3. The second kappa shape index (κ2) is 12.6. The molecule has 0 saturated heterocycles. The molecule has 0 rings (SSSR count). The lowest BCUT2D eigenvalue weighted by atomic mass is 10.1. The van der Waals surface area contributed by atoms with E-state index in [1.165, 1.54) is 37.9 Å². The molecule has 0 bridgehead atoms. The van der Waals surface area contributed by atoms with E-state index in [0.717, 1.165) is 12.8 Å². The summed E-state index contributed by atoms with van der Waals surface area (Å²) in [6, 6.07) is 0. The van der Waals surface area contributed by atoms with Gasteiger partial charge >= 0.3 is 5.97 Å². The number of likely N-dealkylation sites (N-methyl/N-ethyl adjacent to an activating group) is 1. The average molecular weight is 293 g/mol. The summed E-state index contributed by atoms with van der Waals surface area (Å²) in [6.07, 6.45) is 6.90. The van der Waals surface area contributed by atoms with E-state index in [-0.39, 0.29) is 6.54 Å². The first-order chi connectivity index (χ1) is 9.13. The molecule has 0 aliphatic rings. The fourth-order valence-corrected chi connectivity index (χ4v) is 2.46. The molecule has 0 N–H and O–H groups in total. The molecule has 5 nitrogen and oxygen atoms in total. The minimum Gasteiger partial charge on any atom is -0.468 e. The molecule has 1 unspecified atom stereocenters. The Balaban J connectivity index is 3.67. The van der Waals surface area contributed by atoms with Gasteiger partial charge in [-0.15, -0.1) is 0 Å². The van der Waals surface area contributed by atoms with Gasteiger partial charge in [-0.1, -0.05) is 46.0 Å². The number of rotatable bonds is 12. The molecule has 0 saturated carbocycles. The Hall–Kier alpha value is -0.460. The summed E-state index contributed by atoms with van der Waals surface area (Å²) in [5, 5.41) is 1.37. The minimum atomic E-state index is -1.36. The maximum atomic E-state index is 11.7. The zero-order valence-corrected chi connectivity index (χ0v) is 13.2. The highest BCUT2D eigenvalue weighted by Gasteiger charge is 2.13. The number of ether oxygens (including phenoxy) is 1. The highest BCUT2D eigenvalue weighted by atomic mass is 32.2. The molecule has 0 heterocycles. The van der Waals surface area contributed by atoms with Gasteiger partial charge in [-0.25, -0.2) is 4.21 Å². The Bertz CT molecular complexity index is 261. The first kappa shape index (κ1) is 18.5. The summed E-state index contributed by atoms with van der Waals surface area (Å²) in [6.45, 7) is 4.53. The number of hydroxylamine groups is 2. The number of carbonyl (C=O) groups is 1.